The first kappa shape index (κ1) is 11.5. The molecule has 0 aliphatic carbocycles. The third-order valence-electron chi connectivity index (χ3n) is 2.96. The van der Waals surface area contributed by atoms with E-state index in [0.29, 0.717) is 6.54 Å². The second-order valence-corrected chi connectivity index (χ2v) is 4.19. The highest BCUT2D eigenvalue weighted by atomic mass is 16.2. The van der Waals surface area contributed by atoms with Crippen molar-refractivity contribution in [1.82, 2.24) is 10.3 Å². The lowest BCUT2D eigenvalue weighted by molar-refractivity contribution is 0.249. The van der Waals surface area contributed by atoms with Gasteiger partial charge < -0.3 is 5.32 Å². The SMILES string of the molecule is O=C1NCC=C(c2cccnc2)N1c1ccccc1. The van der Waals surface area contributed by atoms with Gasteiger partial charge in [-0.05, 0) is 30.3 Å². The molecule has 0 spiro atoms. The highest BCUT2D eigenvalue weighted by molar-refractivity contribution is 6.06. The van der Waals surface area contributed by atoms with Crippen LogP contribution in [0.2, 0.25) is 0 Å². The van der Waals surface area contributed by atoms with Crippen molar-refractivity contribution in [3.05, 3.63) is 66.5 Å². The van der Waals surface area contributed by atoms with Crippen LogP contribution >= 0.6 is 0 Å². The lowest BCUT2D eigenvalue weighted by Gasteiger charge is -2.29. The summed E-state index contributed by atoms with van der Waals surface area (Å²) >= 11 is 0. The number of aromatic nitrogens is 1. The Hall–Kier alpha value is -2.62. The monoisotopic (exact) mass is 251 g/mol. The van der Waals surface area contributed by atoms with Crippen LogP contribution in [0.25, 0.3) is 5.70 Å². The highest BCUT2D eigenvalue weighted by Crippen LogP contribution is 2.27. The molecule has 2 aromatic rings. The van der Waals surface area contributed by atoms with Gasteiger partial charge in [-0.25, -0.2) is 4.79 Å². The van der Waals surface area contributed by atoms with Crippen LogP contribution in [0, 0.1) is 0 Å². The molecular weight excluding hydrogens is 238 g/mol. The molecule has 3 rings (SSSR count). The predicted molar refractivity (Wildman–Crippen MR) is 74.5 cm³/mol. The summed E-state index contributed by atoms with van der Waals surface area (Å²) in [5.74, 6) is 0. The van der Waals surface area contributed by atoms with Crippen molar-refractivity contribution in [3.63, 3.8) is 0 Å². The highest BCUT2D eigenvalue weighted by Gasteiger charge is 2.23. The fourth-order valence-electron chi connectivity index (χ4n) is 2.11. The Bertz CT molecular complexity index is 608. The molecule has 0 saturated carbocycles. The van der Waals surface area contributed by atoms with E-state index in [1.165, 1.54) is 0 Å². The Morgan fingerprint density at radius 2 is 1.95 bits per heavy atom. The molecule has 1 N–H and O–H groups in total. The summed E-state index contributed by atoms with van der Waals surface area (Å²) in [6.07, 6.45) is 5.48. The molecule has 2 heterocycles. The number of hydrogen-bond donors (Lipinski definition) is 1. The van der Waals surface area contributed by atoms with Gasteiger partial charge in [-0.3, -0.25) is 9.88 Å². The zero-order valence-corrected chi connectivity index (χ0v) is 10.3. The number of urea groups is 1. The normalized spacial score (nSPS) is 14.8. The van der Waals surface area contributed by atoms with Gasteiger partial charge in [-0.1, -0.05) is 18.2 Å². The number of pyridine rings is 1. The lowest BCUT2D eigenvalue weighted by atomic mass is 10.1. The molecule has 0 saturated heterocycles. The molecule has 4 heteroatoms. The first-order valence-electron chi connectivity index (χ1n) is 6.10. The van der Waals surface area contributed by atoms with Crippen molar-refractivity contribution in [2.24, 2.45) is 0 Å². The van der Waals surface area contributed by atoms with E-state index in [9.17, 15) is 4.79 Å². The van der Waals surface area contributed by atoms with Crippen LogP contribution in [0.15, 0.2) is 60.9 Å². The van der Waals surface area contributed by atoms with Gasteiger partial charge in [0.15, 0.2) is 0 Å². The topological polar surface area (TPSA) is 45.2 Å². The minimum absolute atomic E-state index is 0.118. The van der Waals surface area contributed by atoms with Crippen molar-refractivity contribution in [2.45, 2.75) is 0 Å². The number of carbonyl (C=O) groups is 1. The van der Waals surface area contributed by atoms with E-state index in [2.05, 4.69) is 10.3 Å². The van der Waals surface area contributed by atoms with Crippen LogP contribution < -0.4 is 10.2 Å². The Labute approximate surface area is 111 Å². The lowest BCUT2D eigenvalue weighted by Crippen LogP contribution is -2.42. The van der Waals surface area contributed by atoms with Gasteiger partial charge in [0.05, 0.1) is 11.4 Å². The molecule has 1 aromatic carbocycles. The summed E-state index contributed by atoms with van der Waals surface area (Å²) in [6.45, 7) is 0.534. The van der Waals surface area contributed by atoms with Crippen LogP contribution in [-0.4, -0.2) is 17.6 Å². The van der Waals surface area contributed by atoms with E-state index < -0.39 is 0 Å². The van der Waals surface area contributed by atoms with E-state index in [4.69, 9.17) is 0 Å². The van der Waals surface area contributed by atoms with E-state index in [0.717, 1.165) is 16.9 Å². The molecule has 1 aliphatic heterocycles. The zero-order chi connectivity index (χ0) is 13.1. The number of carbonyl (C=O) groups excluding carboxylic acids is 1. The van der Waals surface area contributed by atoms with E-state index in [1.54, 1.807) is 17.3 Å². The van der Waals surface area contributed by atoms with E-state index in [-0.39, 0.29) is 6.03 Å². The second-order valence-electron chi connectivity index (χ2n) is 4.19. The Morgan fingerprint density at radius 3 is 2.68 bits per heavy atom. The zero-order valence-electron chi connectivity index (χ0n) is 10.3. The van der Waals surface area contributed by atoms with Crippen molar-refractivity contribution in [2.75, 3.05) is 11.4 Å². The molecule has 0 atom stereocenters. The summed E-state index contributed by atoms with van der Waals surface area (Å²) in [4.78, 5) is 17.9. The van der Waals surface area contributed by atoms with Gasteiger partial charge in [0.25, 0.3) is 0 Å². The van der Waals surface area contributed by atoms with Crippen LogP contribution in [0.1, 0.15) is 5.56 Å². The number of hydrogen-bond acceptors (Lipinski definition) is 2. The maximum Gasteiger partial charge on any atom is 0.326 e. The van der Waals surface area contributed by atoms with Crippen molar-refractivity contribution < 1.29 is 4.79 Å². The summed E-state index contributed by atoms with van der Waals surface area (Å²) < 4.78 is 0. The van der Waals surface area contributed by atoms with Gasteiger partial charge >= 0.3 is 6.03 Å². The molecule has 0 bridgehead atoms. The summed E-state index contributed by atoms with van der Waals surface area (Å²) in [6, 6.07) is 13.3. The average Bonchev–Trinajstić information content (AvgIpc) is 2.49. The van der Waals surface area contributed by atoms with Gasteiger partial charge in [0.1, 0.15) is 0 Å². The quantitative estimate of drug-likeness (QED) is 0.891. The summed E-state index contributed by atoms with van der Waals surface area (Å²) in [5.41, 5.74) is 2.64. The second kappa shape index (κ2) is 4.94. The van der Waals surface area contributed by atoms with Crippen molar-refractivity contribution >= 4 is 17.4 Å². The van der Waals surface area contributed by atoms with Crippen molar-refractivity contribution in [3.8, 4) is 0 Å². The third kappa shape index (κ3) is 2.20. The van der Waals surface area contributed by atoms with Crippen molar-refractivity contribution in [1.29, 1.82) is 0 Å². The molecule has 0 radical (unpaired) electrons. The fourth-order valence-corrected chi connectivity index (χ4v) is 2.11. The molecule has 19 heavy (non-hydrogen) atoms. The molecule has 2 amide bonds. The van der Waals surface area contributed by atoms with Gasteiger partial charge in [0.2, 0.25) is 0 Å². The molecule has 0 unspecified atom stereocenters. The smallest absolute Gasteiger partial charge is 0.326 e. The molecule has 1 aromatic heterocycles. The van der Waals surface area contributed by atoms with Gasteiger partial charge in [-0.15, -0.1) is 0 Å². The van der Waals surface area contributed by atoms with E-state index >= 15 is 0 Å². The number of amides is 2. The molecule has 94 valence electrons. The summed E-state index contributed by atoms with van der Waals surface area (Å²) in [5, 5.41) is 2.82. The minimum atomic E-state index is -0.118. The number of nitrogens with one attached hydrogen (secondary N) is 1. The third-order valence-corrected chi connectivity index (χ3v) is 2.96. The Kier molecular flexibility index (Phi) is 2.98. The molecule has 0 fully saturated rings. The number of rotatable bonds is 2. The Morgan fingerprint density at radius 1 is 1.11 bits per heavy atom. The van der Waals surface area contributed by atoms with Gasteiger partial charge in [-0.2, -0.15) is 0 Å². The van der Waals surface area contributed by atoms with Gasteiger partial charge in [0, 0.05) is 24.5 Å². The summed E-state index contributed by atoms with van der Waals surface area (Å²) in [7, 11) is 0. The number of para-hydroxylation sites is 1. The first-order valence-corrected chi connectivity index (χ1v) is 6.10. The van der Waals surface area contributed by atoms with Crippen LogP contribution in [0.5, 0.6) is 0 Å². The van der Waals surface area contributed by atoms with Crippen LogP contribution in [-0.2, 0) is 0 Å². The molecule has 4 nitrogen and oxygen atoms in total. The number of benzene rings is 1. The molecular formula is C15H13N3O. The minimum Gasteiger partial charge on any atom is -0.334 e. The maximum atomic E-state index is 12.1. The van der Waals surface area contributed by atoms with Crippen LogP contribution in [0.4, 0.5) is 10.5 Å². The number of nitrogens with zero attached hydrogens (tertiary/aromatic N) is 2. The average molecular weight is 251 g/mol. The molecule has 1 aliphatic rings. The van der Waals surface area contributed by atoms with E-state index in [1.807, 2.05) is 48.5 Å². The fraction of sp³-hybridized carbons (Fsp3) is 0.0667. The predicted octanol–water partition coefficient (Wildman–Crippen LogP) is 2.65. The maximum absolute atomic E-state index is 12.1. The Balaban J connectivity index is 2.06. The standard InChI is InChI=1S/C15H13N3O/c19-15-17-10-8-14(12-5-4-9-16-11-12)18(15)13-6-2-1-3-7-13/h1-9,11H,10H2,(H,17,19). The number of anilines is 1. The largest absolute Gasteiger partial charge is 0.334 e. The first-order chi connectivity index (χ1) is 9.36. The van der Waals surface area contributed by atoms with Crippen LogP contribution in [0.3, 0.4) is 0 Å².